The molecule has 1 heterocycles. The first-order valence-electron chi connectivity index (χ1n) is 6.74. The molecule has 5 heteroatoms. The van der Waals surface area contributed by atoms with Gasteiger partial charge in [-0.05, 0) is 51.8 Å². The molecule has 0 fully saturated rings. The minimum Gasteiger partial charge on any atom is -0.330 e. The summed E-state index contributed by atoms with van der Waals surface area (Å²) in [4.78, 5) is 3.07. The molecule has 0 aliphatic carbocycles. The molecule has 21 heavy (non-hydrogen) atoms. The van der Waals surface area contributed by atoms with E-state index in [4.69, 9.17) is 12.2 Å². The lowest BCUT2D eigenvalue weighted by Gasteiger charge is -2.09. The summed E-state index contributed by atoms with van der Waals surface area (Å²) in [5, 5.41) is 0. The summed E-state index contributed by atoms with van der Waals surface area (Å²) >= 11 is 8.62. The highest BCUT2D eigenvalue weighted by Crippen LogP contribution is 2.24. The van der Waals surface area contributed by atoms with Gasteiger partial charge >= 0.3 is 0 Å². The van der Waals surface area contributed by atoms with Gasteiger partial charge in [-0.15, -0.1) is 0 Å². The molecule has 0 saturated carbocycles. The molecule has 0 aliphatic rings. The molecule has 0 unspecified atom stereocenters. The van der Waals surface area contributed by atoms with Crippen molar-refractivity contribution in [3.63, 3.8) is 0 Å². The molecule has 0 atom stereocenters. The Labute approximate surface area is 135 Å². The molecule has 108 valence electrons. The average molecular weight is 365 g/mol. The Morgan fingerprint density at radius 2 is 1.95 bits per heavy atom. The molecular weight excluding hydrogens is 351 g/mol. The Balaban J connectivity index is 2.14. The number of aromatic amines is 1. The monoisotopic (exact) mass is 364 g/mol. The van der Waals surface area contributed by atoms with E-state index in [2.05, 4.69) is 40.0 Å². The van der Waals surface area contributed by atoms with Gasteiger partial charge in [0.05, 0.1) is 22.1 Å². The molecule has 2 nitrogen and oxygen atoms in total. The molecule has 0 aliphatic heterocycles. The van der Waals surface area contributed by atoms with Crippen LogP contribution in [0.3, 0.4) is 0 Å². The number of hydrogen-bond donors (Lipinski definition) is 1. The highest BCUT2D eigenvalue weighted by molar-refractivity contribution is 9.10. The summed E-state index contributed by atoms with van der Waals surface area (Å²) in [6, 6.07) is 11.6. The minimum absolute atomic E-state index is 0.292. The number of aryl methyl sites for hydroxylation is 1. The van der Waals surface area contributed by atoms with Crippen LogP contribution in [0.2, 0.25) is 0 Å². The maximum atomic E-state index is 13.6. The number of hydrogen-bond acceptors (Lipinski definition) is 1. The molecule has 1 aromatic heterocycles. The second-order valence-electron chi connectivity index (χ2n) is 4.92. The predicted octanol–water partition coefficient (Wildman–Crippen LogP) is 5.21. The van der Waals surface area contributed by atoms with Crippen LogP contribution >= 0.6 is 28.1 Å². The average Bonchev–Trinajstić information content (AvgIpc) is 2.76. The van der Waals surface area contributed by atoms with Crippen LogP contribution in [0.5, 0.6) is 0 Å². The van der Waals surface area contributed by atoms with E-state index in [0.717, 1.165) is 17.5 Å². The van der Waals surface area contributed by atoms with Crippen molar-refractivity contribution in [1.82, 2.24) is 9.55 Å². The lowest BCUT2D eigenvalue weighted by Crippen LogP contribution is -2.02. The van der Waals surface area contributed by atoms with Crippen molar-refractivity contribution in [2.45, 2.75) is 19.9 Å². The van der Waals surface area contributed by atoms with Gasteiger partial charge < -0.3 is 9.55 Å². The van der Waals surface area contributed by atoms with Gasteiger partial charge in [0.25, 0.3) is 0 Å². The van der Waals surface area contributed by atoms with Gasteiger partial charge in [-0.2, -0.15) is 0 Å². The van der Waals surface area contributed by atoms with Crippen molar-refractivity contribution < 1.29 is 4.39 Å². The smallest absolute Gasteiger partial charge is 0.178 e. The Morgan fingerprint density at radius 1 is 1.24 bits per heavy atom. The molecule has 0 spiro atoms. The molecule has 0 saturated heterocycles. The number of halogens is 2. The molecule has 0 radical (unpaired) electrons. The van der Waals surface area contributed by atoms with Crippen LogP contribution in [0, 0.1) is 10.6 Å². The second-order valence-corrected chi connectivity index (χ2v) is 6.16. The molecule has 2 aromatic carbocycles. The predicted molar refractivity (Wildman–Crippen MR) is 89.7 cm³/mol. The van der Waals surface area contributed by atoms with Crippen molar-refractivity contribution in [3.8, 4) is 0 Å². The maximum absolute atomic E-state index is 13.6. The van der Waals surface area contributed by atoms with Crippen molar-refractivity contribution in [1.29, 1.82) is 0 Å². The van der Waals surface area contributed by atoms with E-state index < -0.39 is 0 Å². The molecule has 0 amide bonds. The summed E-state index contributed by atoms with van der Waals surface area (Å²) in [6.45, 7) is 2.82. The van der Waals surface area contributed by atoms with E-state index >= 15 is 0 Å². The zero-order valence-electron chi connectivity index (χ0n) is 11.5. The first kappa shape index (κ1) is 14.5. The fraction of sp³-hybridized carbons (Fsp3) is 0.188. The quantitative estimate of drug-likeness (QED) is 0.632. The van der Waals surface area contributed by atoms with Crippen molar-refractivity contribution in [3.05, 3.63) is 62.6 Å². The molecule has 3 aromatic rings. The van der Waals surface area contributed by atoms with Crippen LogP contribution in [0.15, 0.2) is 40.9 Å². The number of rotatable bonds is 3. The number of imidazole rings is 1. The number of nitrogens with one attached hydrogen (secondary N) is 1. The van der Waals surface area contributed by atoms with Gasteiger partial charge in [0.2, 0.25) is 0 Å². The van der Waals surface area contributed by atoms with E-state index in [9.17, 15) is 4.39 Å². The summed E-state index contributed by atoms with van der Waals surface area (Å²) in [5.41, 5.74) is 4.15. The zero-order chi connectivity index (χ0) is 15.0. The van der Waals surface area contributed by atoms with Gasteiger partial charge in [0.1, 0.15) is 5.82 Å². The number of nitrogens with zero attached hydrogens (tertiary/aromatic N) is 1. The standard InChI is InChI=1S/C16H14BrFN2S/c1-2-10-5-3-4-6-11(10)9-20-15-7-12(17)13(18)8-14(15)19-16(20)21/h3-8H,2,9H2,1H3,(H,19,21). The Kier molecular flexibility index (Phi) is 3.95. The van der Waals surface area contributed by atoms with Crippen LogP contribution in [-0.4, -0.2) is 9.55 Å². The second kappa shape index (κ2) is 5.73. The SMILES string of the molecule is CCc1ccccc1Cn1c(=S)[nH]c2cc(F)c(Br)cc21. The van der Waals surface area contributed by atoms with Crippen LogP contribution < -0.4 is 0 Å². The third-order valence-corrected chi connectivity index (χ3v) is 4.57. The fourth-order valence-electron chi connectivity index (χ4n) is 2.54. The van der Waals surface area contributed by atoms with Gasteiger partial charge in [0.15, 0.2) is 4.77 Å². The van der Waals surface area contributed by atoms with Crippen LogP contribution in [0.4, 0.5) is 4.39 Å². The summed E-state index contributed by atoms with van der Waals surface area (Å²) in [7, 11) is 0. The number of H-pyrrole nitrogens is 1. The first-order valence-corrected chi connectivity index (χ1v) is 7.94. The third-order valence-electron chi connectivity index (χ3n) is 3.64. The lowest BCUT2D eigenvalue weighted by molar-refractivity contribution is 0.622. The summed E-state index contributed by atoms with van der Waals surface area (Å²) < 4.78 is 16.7. The van der Waals surface area contributed by atoms with E-state index in [0.29, 0.717) is 15.8 Å². The highest BCUT2D eigenvalue weighted by Gasteiger charge is 2.10. The summed E-state index contributed by atoms with van der Waals surface area (Å²) in [6.07, 6.45) is 0.976. The molecular formula is C16H14BrFN2S. The van der Waals surface area contributed by atoms with Crippen molar-refractivity contribution in [2.75, 3.05) is 0 Å². The van der Waals surface area contributed by atoms with Crippen LogP contribution in [-0.2, 0) is 13.0 Å². The van der Waals surface area contributed by atoms with Crippen LogP contribution in [0.25, 0.3) is 11.0 Å². The summed E-state index contributed by atoms with van der Waals surface area (Å²) in [5.74, 6) is -0.292. The number of fused-ring (bicyclic) bond motifs is 1. The zero-order valence-corrected chi connectivity index (χ0v) is 13.9. The third kappa shape index (κ3) is 2.68. The lowest BCUT2D eigenvalue weighted by atomic mass is 10.1. The largest absolute Gasteiger partial charge is 0.330 e. The van der Waals surface area contributed by atoms with Crippen molar-refractivity contribution in [2.24, 2.45) is 0 Å². The molecule has 3 rings (SSSR count). The topological polar surface area (TPSA) is 20.7 Å². The first-order chi connectivity index (χ1) is 10.1. The van der Waals surface area contributed by atoms with Crippen molar-refractivity contribution >= 4 is 39.2 Å². The number of aromatic nitrogens is 2. The molecule has 0 bridgehead atoms. The Morgan fingerprint density at radius 3 is 2.67 bits per heavy atom. The van der Waals surface area contributed by atoms with E-state index in [1.54, 1.807) is 6.07 Å². The number of benzene rings is 2. The Hall–Kier alpha value is -1.46. The highest BCUT2D eigenvalue weighted by atomic mass is 79.9. The van der Waals surface area contributed by atoms with Crippen LogP contribution in [0.1, 0.15) is 18.1 Å². The van der Waals surface area contributed by atoms with Gasteiger partial charge in [-0.1, -0.05) is 31.2 Å². The van der Waals surface area contributed by atoms with E-state index in [1.807, 2.05) is 16.7 Å². The van der Waals surface area contributed by atoms with Gasteiger partial charge in [0, 0.05) is 6.07 Å². The Bertz CT molecular complexity index is 866. The maximum Gasteiger partial charge on any atom is 0.178 e. The fourth-order valence-corrected chi connectivity index (χ4v) is 3.14. The normalized spacial score (nSPS) is 11.2. The van der Waals surface area contributed by atoms with E-state index in [1.165, 1.54) is 17.2 Å². The molecule has 1 N–H and O–H groups in total. The van der Waals surface area contributed by atoms with Gasteiger partial charge in [-0.3, -0.25) is 0 Å². The van der Waals surface area contributed by atoms with Gasteiger partial charge in [-0.25, -0.2) is 4.39 Å². The minimum atomic E-state index is -0.292. The van der Waals surface area contributed by atoms with E-state index in [-0.39, 0.29) is 5.82 Å².